The fourth-order valence-electron chi connectivity index (χ4n) is 3.48. The van der Waals surface area contributed by atoms with E-state index in [4.69, 9.17) is 5.73 Å². The van der Waals surface area contributed by atoms with Gasteiger partial charge in [-0.2, -0.15) is 10.1 Å². The van der Waals surface area contributed by atoms with Crippen LogP contribution in [0.3, 0.4) is 0 Å². The molecule has 1 aliphatic carbocycles. The van der Waals surface area contributed by atoms with Crippen molar-refractivity contribution >= 4 is 28.6 Å². The van der Waals surface area contributed by atoms with Gasteiger partial charge in [0, 0.05) is 35.9 Å². The Morgan fingerprint density at radius 3 is 2.90 bits per heavy atom. The van der Waals surface area contributed by atoms with Crippen molar-refractivity contribution < 1.29 is 8.78 Å². The van der Waals surface area contributed by atoms with Crippen molar-refractivity contribution in [2.24, 2.45) is 0 Å². The van der Waals surface area contributed by atoms with Crippen LogP contribution in [0.5, 0.6) is 0 Å². The molecule has 2 atom stereocenters. The molecular weight excluding hydrogens is 378 g/mol. The van der Waals surface area contributed by atoms with E-state index in [1.54, 1.807) is 18.6 Å². The van der Waals surface area contributed by atoms with Gasteiger partial charge in [-0.15, -0.1) is 0 Å². The van der Waals surface area contributed by atoms with E-state index in [-0.39, 0.29) is 18.3 Å². The van der Waals surface area contributed by atoms with E-state index >= 15 is 0 Å². The zero-order chi connectivity index (χ0) is 20.2. The average Bonchev–Trinajstić information content (AvgIpc) is 3.08. The Morgan fingerprint density at radius 1 is 1.28 bits per heavy atom. The molecule has 148 valence electrons. The second kappa shape index (κ2) is 6.23. The Balaban J connectivity index is 1.45. The van der Waals surface area contributed by atoms with Gasteiger partial charge in [-0.3, -0.25) is 5.10 Å². The van der Waals surface area contributed by atoms with Gasteiger partial charge in [0.1, 0.15) is 5.82 Å². The number of nitrogens with one attached hydrogen (secondary N) is 3. The molecule has 0 radical (unpaired) electrons. The number of aromatic amines is 2. The van der Waals surface area contributed by atoms with Crippen molar-refractivity contribution in [3.63, 3.8) is 0 Å². The molecule has 29 heavy (non-hydrogen) atoms. The highest BCUT2D eigenvalue weighted by Crippen LogP contribution is 2.55. The third-order valence-corrected chi connectivity index (χ3v) is 5.29. The summed E-state index contributed by atoms with van der Waals surface area (Å²) in [5, 5.41) is 9.86. The predicted octanol–water partition coefficient (Wildman–Crippen LogP) is 3.68. The molecule has 1 aliphatic rings. The van der Waals surface area contributed by atoms with Crippen LogP contribution in [0, 0.1) is 0 Å². The monoisotopic (exact) mass is 396 g/mol. The van der Waals surface area contributed by atoms with Gasteiger partial charge in [0.25, 0.3) is 5.92 Å². The van der Waals surface area contributed by atoms with Crippen LogP contribution < -0.4 is 11.1 Å². The number of imidazole rings is 1. The van der Waals surface area contributed by atoms with E-state index in [0.29, 0.717) is 17.3 Å². The summed E-state index contributed by atoms with van der Waals surface area (Å²) >= 11 is 0. The van der Waals surface area contributed by atoms with Gasteiger partial charge < -0.3 is 16.0 Å². The number of benzene rings is 1. The van der Waals surface area contributed by atoms with E-state index < -0.39 is 11.8 Å². The Hall–Kier alpha value is -3.56. The zero-order valence-corrected chi connectivity index (χ0v) is 15.4. The number of rotatable bonds is 5. The smallest absolute Gasteiger partial charge is 0.257 e. The SMILES string of the molecule is C[C@@H](c1ccc2nc[nH]c2c1)c1cnc(N)nc1Nc1cc([C@@H]2CC2(F)F)[nH]n1. The molecule has 0 amide bonds. The lowest BCUT2D eigenvalue weighted by Crippen LogP contribution is -2.07. The molecule has 1 aromatic carbocycles. The Bertz CT molecular complexity index is 1200. The number of hydrogen-bond acceptors (Lipinski definition) is 6. The Kier molecular flexibility index (Phi) is 3.76. The highest BCUT2D eigenvalue weighted by atomic mass is 19.3. The summed E-state index contributed by atoms with van der Waals surface area (Å²) in [4.78, 5) is 15.8. The van der Waals surface area contributed by atoms with Crippen LogP contribution in [0.1, 0.15) is 42.0 Å². The summed E-state index contributed by atoms with van der Waals surface area (Å²) in [6, 6.07) is 7.54. The molecule has 4 aromatic rings. The van der Waals surface area contributed by atoms with E-state index in [2.05, 4.69) is 35.5 Å². The number of halogens is 2. The summed E-state index contributed by atoms with van der Waals surface area (Å²) in [5.74, 6) is -2.53. The van der Waals surface area contributed by atoms with Crippen molar-refractivity contribution in [2.75, 3.05) is 11.1 Å². The molecule has 3 heterocycles. The van der Waals surface area contributed by atoms with Crippen LogP contribution in [0.4, 0.5) is 26.4 Å². The number of aromatic nitrogens is 6. The van der Waals surface area contributed by atoms with Gasteiger partial charge in [0.05, 0.1) is 23.3 Å². The van der Waals surface area contributed by atoms with E-state index in [1.165, 1.54) is 0 Å². The van der Waals surface area contributed by atoms with E-state index in [1.807, 2.05) is 25.1 Å². The lowest BCUT2D eigenvalue weighted by Gasteiger charge is -2.16. The topological polar surface area (TPSA) is 121 Å². The van der Waals surface area contributed by atoms with Crippen LogP contribution in [-0.4, -0.2) is 36.1 Å². The van der Waals surface area contributed by atoms with Crippen LogP contribution in [-0.2, 0) is 0 Å². The first kappa shape index (κ1) is 17.5. The largest absolute Gasteiger partial charge is 0.368 e. The summed E-state index contributed by atoms with van der Waals surface area (Å²) in [7, 11) is 0. The summed E-state index contributed by atoms with van der Waals surface area (Å²) < 4.78 is 26.6. The van der Waals surface area contributed by atoms with Gasteiger partial charge in [0.2, 0.25) is 5.95 Å². The minimum Gasteiger partial charge on any atom is -0.368 e. The molecule has 8 nitrogen and oxygen atoms in total. The minimum atomic E-state index is -2.66. The second-order valence-corrected chi connectivity index (χ2v) is 7.28. The number of anilines is 3. The molecule has 1 fully saturated rings. The van der Waals surface area contributed by atoms with Crippen LogP contribution >= 0.6 is 0 Å². The quantitative estimate of drug-likeness (QED) is 0.408. The van der Waals surface area contributed by atoms with Gasteiger partial charge in [0.15, 0.2) is 5.82 Å². The van der Waals surface area contributed by atoms with Gasteiger partial charge >= 0.3 is 0 Å². The van der Waals surface area contributed by atoms with Crippen molar-refractivity contribution in [3.05, 3.63) is 53.6 Å². The number of H-pyrrole nitrogens is 2. The van der Waals surface area contributed by atoms with Crippen molar-refractivity contribution in [1.29, 1.82) is 0 Å². The third kappa shape index (κ3) is 3.16. The summed E-state index contributed by atoms with van der Waals surface area (Å²) in [6.45, 7) is 2.03. The number of nitrogen functional groups attached to an aromatic ring is 1. The van der Waals surface area contributed by atoms with Crippen molar-refractivity contribution in [3.8, 4) is 0 Å². The van der Waals surface area contributed by atoms with E-state index in [0.717, 1.165) is 22.2 Å². The third-order valence-electron chi connectivity index (χ3n) is 5.29. The van der Waals surface area contributed by atoms with Gasteiger partial charge in [-0.05, 0) is 17.7 Å². The number of hydrogen-bond donors (Lipinski definition) is 4. The minimum absolute atomic E-state index is 0.0584. The fraction of sp³-hybridized carbons (Fsp3) is 0.263. The number of nitrogens with zero attached hydrogens (tertiary/aromatic N) is 4. The summed E-state index contributed by atoms with van der Waals surface area (Å²) in [5.41, 5.74) is 9.84. The van der Waals surface area contributed by atoms with Crippen molar-refractivity contribution in [1.82, 2.24) is 30.1 Å². The predicted molar refractivity (Wildman–Crippen MR) is 104 cm³/mol. The highest BCUT2D eigenvalue weighted by Gasteiger charge is 2.58. The zero-order valence-electron chi connectivity index (χ0n) is 15.4. The van der Waals surface area contributed by atoms with Gasteiger partial charge in [-0.25, -0.2) is 18.7 Å². The molecule has 0 unspecified atom stereocenters. The first-order valence-electron chi connectivity index (χ1n) is 9.16. The molecule has 1 saturated carbocycles. The number of fused-ring (bicyclic) bond motifs is 1. The lowest BCUT2D eigenvalue weighted by atomic mass is 9.94. The first-order chi connectivity index (χ1) is 13.9. The number of nitrogens with two attached hydrogens (primary N) is 1. The average molecular weight is 396 g/mol. The molecular formula is C19H18F2N8. The standard InChI is InChI=1S/C19H18F2N8/c1-9(10-2-3-13-15(4-10)25-8-24-13)11-7-23-18(22)27-17(11)26-16-5-14(28-29-16)12-6-19(12,20)21/h2-5,7-9,12H,6H2,1H3,(H,24,25)(H4,22,23,26,27,28,29)/t9-,12-/m0/s1. The first-order valence-corrected chi connectivity index (χ1v) is 9.16. The molecule has 0 bridgehead atoms. The van der Waals surface area contributed by atoms with Crippen LogP contribution in [0.15, 0.2) is 36.8 Å². The van der Waals surface area contributed by atoms with Crippen LogP contribution in [0.25, 0.3) is 11.0 Å². The maximum Gasteiger partial charge on any atom is 0.257 e. The fourth-order valence-corrected chi connectivity index (χ4v) is 3.48. The highest BCUT2D eigenvalue weighted by molar-refractivity contribution is 5.75. The lowest BCUT2D eigenvalue weighted by molar-refractivity contribution is 0.111. The molecule has 0 spiro atoms. The van der Waals surface area contributed by atoms with E-state index in [9.17, 15) is 8.78 Å². The second-order valence-electron chi connectivity index (χ2n) is 7.28. The molecule has 10 heteroatoms. The maximum atomic E-state index is 13.3. The Labute approximate surface area is 164 Å². The Morgan fingerprint density at radius 2 is 2.10 bits per heavy atom. The van der Waals surface area contributed by atoms with Gasteiger partial charge in [-0.1, -0.05) is 13.0 Å². The molecule has 5 rings (SSSR count). The maximum absolute atomic E-state index is 13.3. The molecule has 5 N–H and O–H groups in total. The molecule has 3 aromatic heterocycles. The summed E-state index contributed by atoms with van der Waals surface area (Å²) in [6.07, 6.45) is 3.15. The molecule has 0 saturated heterocycles. The number of alkyl halides is 2. The molecule has 0 aliphatic heterocycles. The normalized spacial score (nSPS) is 18.7. The van der Waals surface area contributed by atoms with Crippen LogP contribution in [0.2, 0.25) is 0 Å². The van der Waals surface area contributed by atoms with Crippen molar-refractivity contribution in [2.45, 2.75) is 31.1 Å².